The van der Waals surface area contributed by atoms with Gasteiger partial charge in [-0.15, -0.1) is 0 Å². The number of rotatable bonds is 4. The molecule has 0 aromatic heterocycles. The van der Waals surface area contributed by atoms with Crippen molar-refractivity contribution in [2.24, 2.45) is 0 Å². The molecule has 3 aliphatic rings. The van der Waals surface area contributed by atoms with Crippen LogP contribution >= 0.6 is 0 Å². The Morgan fingerprint density at radius 3 is 2.59 bits per heavy atom. The molecule has 3 aliphatic carbocycles. The number of methoxy groups -OCH3 is 1. The SMILES string of the molecule is COc1ccc(C2(NC(=O)C3=C4C=CC=C4C=C3)CC2)cc1. The third-order valence-electron chi connectivity index (χ3n) is 4.56. The average Bonchev–Trinajstić information content (AvgIpc) is 2.98. The normalized spacial score (nSPS) is 20.0. The second kappa shape index (κ2) is 4.73. The van der Waals surface area contributed by atoms with Gasteiger partial charge in [-0.2, -0.15) is 0 Å². The van der Waals surface area contributed by atoms with Crippen molar-refractivity contribution in [1.29, 1.82) is 0 Å². The Labute approximate surface area is 129 Å². The molecule has 0 saturated heterocycles. The number of carbonyl (C=O) groups is 1. The fourth-order valence-electron chi connectivity index (χ4n) is 3.09. The van der Waals surface area contributed by atoms with Crippen molar-refractivity contribution in [3.63, 3.8) is 0 Å². The number of hydrogen-bond acceptors (Lipinski definition) is 2. The highest BCUT2D eigenvalue weighted by atomic mass is 16.5. The Kier molecular flexibility index (Phi) is 2.83. The van der Waals surface area contributed by atoms with E-state index in [2.05, 4.69) is 5.32 Å². The molecule has 1 saturated carbocycles. The molecule has 3 heteroatoms. The largest absolute Gasteiger partial charge is 0.497 e. The van der Waals surface area contributed by atoms with Crippen LogP contribution in [0, 0.1) is 0 Å². The predicted octanol–water partition coefficient (Wildman–Crippen LogP) is 3.16. The molecule has 110 valence electrons. The van der Waals surface area contributed by atoms with Crippen LogP contribution in [-0.4, -0.2) is 13.0 Å². The molecule has 1 amide bonds. The summed E-state index contributed by atoms with van der Waals surface area (Å²) in [5, 5.41) is 3.23. The van der Waals surface area contributed by atoms with E-state index in [-0.39, 0.29) is 11.4 Å². The second-order valence-corrected chi connectivity index (χ2v) is 5.91. The van der Waals surface area contributed by atoms with Crippen molar-refractivity contribution in [1.82, 2.24) is 5.32 Å². The van der Waals surface area contributed by atoms with Crippen LogP contribution in [0.2, 0.25) is 0 Å². The summed E-state index contributed by atoms with van der Waals surface area (Å²) in [6, 6.07) is 7.96. The van der Waals surface area contributed by atoms with Crippen LogP contribution in [0.25, 0.3) is 0 Å². The number of nitrogens with one attached hydrogen (secondary N) is 1. The Morgan fingerprint density at radius 2 is 1.91 bits per heavy atom. The lowest BCUT2D eigenvalue weighted by molar-refractivity contribution is -0.118. The van der Waals surface area contributed by atoms with Gasteiger partial charge in [-0.1, -0.05) is 36.4 Å². The maximum absolute atomic E-state index is 12.6. The van der Waals surface area contributed by atoms with Gasteiger partial charge in [0.2, 0.25) is 0 Å². The summed E-state index contributed by atoms with van der Waals surface area (Å²) in [5.74, 6) is 0.843. The van der Waals surface area contributed by atoms with Gasteiger partial charge in [0.1, 0.15) is 5.75 Å². The lowest BCUT2D eigenvalue weighted by Gasteiger charge is -2.19. The van der Waals surface area contributed by atoms with E-state index in [1.807, 2.05) is 54.6 Å². The van der Waals surface area contributed by atoms with E-state index in [0.29, 0.717) is 0 Å². The van der Waals surface area contributed by atoms with Crippen LogP contribution in [0.3, 0.4) is 0 Å². The van der Waals surface area contributed by atoms with Gasteiger partial charge in [-0.05, 0) is 47.8 Å². The first-order chi connectivity index (χ1) is 10.7. The van der Waals surface area contributed by atoms with Crippen LogP contribution < -0.4 is 10.1 Å². The first-order valence-corrected chi connectivity index (χ1v) is 7.50. The van der Waals surface area contributed by atoms with Crippen LogP contribution in [-0.2, 0) is 10.3 Å². The summed E-state index contributed by atoms with van der Waals surface area (Å²) >= 11 is 0. The van der Waals surface area contributed by atoms with Crippen molar-refractivity contribution in [2.45, 2.75) is 18.4 Å². The van der Waals surface area contributed by atoms with E-state index in [1.54, 1.807) is 7.11 Å². The quantitative estimate of drug-likeness (QED) is 0.925. The predicted molar refractivity (Wildman–Crippen MR) is 85.4 cm³/mol. The van der Waals surface area contributed by atoms with Crippen molar-refractivity contribution < 1.29 is 9.53 Å². The highest BCUT2D eigenvalue weighted by Gasteiger charge is 2.46. The highest BCUT2D eigenvalue weighted by Crippen LogP contribution is 2.46. The molecule has 1 aromatic rings. The van der Waals surface area contributed by atoms with Gasteiger partial charge in [0.05, 0.1) is 12.6 Å². The molecular weight excluding hydrogens is 274 g/mol. The molecule has 3 nitrogen and oxygen atoms in total. The summed E-state index contributed by atoms with van der Waals surface area (Å²) in [4.78, 5) is 12.6. The smallest absolute Gasteiger partial charge is 0.252 e. The van der Waals surface area contributed by atoms with E-state index in [1.165, 1.54) is 0 Å². The Balaban J connectivity index is 1.57. The molecule has 0 radical (unpaired) electrons. The number of benzene rings is 1. The van der Waals surface area contributed by atoms with Crippen molar-refractivity contribution in [2.75, 3.05) is 7.11 Å². The summed E-state index contributed by atoms with van der Waals surface area (Å²) < 4.78 is 5.19. The molecule has 4 rings (SSSR count). The number of carbonyl (C=O) groups excluding carboxylic acids is 1. The number of hydrogen-bond donors (Lipinski definition) is 1. The number of allylic oxidation sites excluding steroid dienone is 6. The third-order valence-corrected chi connectivity index (χ3v) is 4.56. The van der Waals surface area contributed by atoms with Crippen LogP contribution in [0.5, 0.6) is 5.75 Å². The van der Waals surface area contributed by atoms with E-state index >= 15 is 0 Å². The number of fused-ring (bicyclic) bond motifs is 1. The van der Waals surface area contributed by atoms with Gasteiger partial charge in [0.15, 0.2) is 0 Å². The summed E-state index contributed by atoms with van der Waals surface area (Å²) in [5.41, 5.74) is 3.86. The minimum Gasteiger partial charge on any atom is -0.497 e. The Hall–Kier alpha value is -2.55. The van der Waals surface area contributed by atoms with Crippen molar-refractivity contribution >= 4 is 5.91 Å². The molecule has 0 heterocycles. The molecule has 1 fully saturated rings. The lowest BCUT2D eigenvalue weighted by atomic mass is 10.0. The average molecular weight is 291 g/mol. The third kappa shape index (κ3) is 2.01. The molecule has 0 bridgehead atoms. The first-order valence-electron chi connectivity index (χ1n) is 7.50. The van der Waals surface area contributed by atoms with Gasteiger partial charge in [-0.25, -0.2) is 0 Å². The van der Waals surface area contributed by atoms with Gasteiger partial charge >= 0.3 is 0 Å². The fourth-order valence-corrected chi connectivity index (χ4v) is 3.09. The minimum absolute atomic E-state index is 0.00881. The summed E-state index contributed by atoms with van der Waals surface area (Å²) in [6.07, 6.45) is 11.9. The minimum atomic E-state index is -0.209. The molecule has 1 N–H and O–H groups in total. The standard InChI is InChI=1S/C19H17NO2/c1-22-15-8-6-14(7-9-15)19(11-12-19)20-18(21)17-10-5-13-3-2-4-16(13)17/h2-10H,11-12H2,1H3,(H,20,21). The summed E-state index contributed by atoms with van der Waals surface area (Å²) in [6.45, 7) is 0. The monoisotopic (exact) mass is 291 g/mol. The van der Waals surface area contributed by atoms with Crippen LogP contribution in [0.4, 0.5) is 0 Å². The lowest BCUT2D eigenvalue weighted by Crippen LogP contribution is -2.35. The van der Waals surface area contributed by atoms with E-state index < -0.39 is 0 Å². The van der Waals surface area contributed by atoms with E-state index in [9.17, 15) is 4.79 Å². The zero-order chi connectivity index (χ0) is 15.2. The summed E-state index contributed by atoms with van der Waals surface area (Å²) in [7, 11) is 1.66. The van der Waals surface area contributed by atoms with E-state index in [0.717, 1.165) is 40.9 Å². The van der Waals surface area contributed by atoms with Gasteiger partial charge < -0.3 is 10.1 Å². The molecule has 0 unspecified atom stereocenters. The van der Waals surface area contributed by atoms with E-state index in [4.69, 9.17) is 4.74 Å². The molecule has 0 atom stereocenters. The molecule has 0 spiro atoms. The zero-order valence-corrected chi connectivity index (χ0v) is 12.4. The van der Waals surface area contributed by atoms with Crippen LogP contribution in [0.15, 0.2) is 71.4 Å². The Morgan fingerprint density at radius 1 is 1.14 bits per heavy atom. The molecule has 1 aromatic carbocycles. The van der Waals surface area contributed by atoms with Gasteiger partial charge in [-0.3, -0.25) is 4.79 Å². The second-order valence-electron chi connectivity index (χ2n) is 5.91. The van der Waals surface area contributed by atoms with Crippen LogP contribution in [0.1, 0.15) is 18.4 Å². The van der Waals surface area contributed by atoms with Gasteiger partial charge in [0.25, 0.3) is 5.91 Å². The van der Waals surface area contributed by atoms with Crippen molar-refractivity contribution in [3.05, 3.63) is 76.9 Å². The number of amides is 1. The van der Waals surface area contributed by atoms with Gasteiger partial charge in [0, 0.05) is 5.57 Å². The maximum atomic E-state index is 12.6. The molecule has 22 heavy (non-hydrogen) atoms. The maximum Gasteiger partial charge on any atom is 0.252 e. The first kappa shape index (κ1) is 13.1. The number of ether oxygens (including phenoxy) is 1. The highest BCUT2D eigenvalue weighted by molar-refractivity contribution is 6.01. The molecular formula is C19H17NO2. The fraction of sp³-hybridized carbons (Fsp3) is 0.211. The molecule has 0 aliphatic heterocycles. The zero-order valence-electron chi connectivity index (χ0n) is 12.4. The Bertz CT molecular complexity index is 759. The topological polar surface area (TPSA) is 38.3 Å². The van der Waals surface area contributed by atoms with Crippen molar-refractivity contribution in [3.8, 4) is 5.75 Å².